The molecule has 0 bridgehead atoms. The second kappa shape index (κ2) is 7.01. The molecule has 5 nitrogen and oxygen atoms in total. The molecule has 0 unspecified atom stereocenters. The van der Waals surface area contributed by atoms with Gasteiger partial charge in [0.2, 0.25) is 5.91 Å². The number of hydrogen-bond acceptors (Lipinski definition) is 3. The summed E-state index contributed by atoms with van der Waals surface area (Å²) in [6, 6.07) is 6.70. The average Bonchev–Trinajstić information content (AvgIpc) is 2.37. The molecule has 0 atom stereocenters. The van der Waals surface area contributed by atoms with Crippen molar-refractivity contribution < 1.29 is 14.3 Å². The molecule has 6 heteroatoms. The lowest BCUT2D eigenvalue weighted by atomic mass is 9.95. The van der Waals surface area contributed by atoms with Gasteiger partial charge in [0, 0.05) is 16.1 Å². The molecule has 0 aromatic heterocycles. The number of hydrogen-bond donors (Lipinski definition) is 2. The van der Waals surface area contributed by atoms with E-state index in [-0.39, 0.29) is 12.5 Å². The van der Waals surface area contributed by atoms with Crippen molar-refractivity contribution in [2.45, 2.75) is 40.2 Å². The zero-order valence-electron chi connectivity index (χ0n) is 13.6. The molecule has 2 amide bonds. The van der Waals surface area contributed by atoms with Crippen molar-refractivity contribution in [3.63, 3.8) is 0 Å². The molecule has 0 heterocycles. The summed E-state index contributed by atoms with van der Waals surface area (Å²) >= 11 is 5.78. The van der Waals surface area contributed by atoms with Crippen molar-refractivity contribution in [2.75, 3.05) is 11.9 Å². The van der Waals surface area contributed by atoms with Gasteiger partial charge in [0.15, 0.2) is 0 Å². The summed E-state index contributed by atoms with van der Waals surface area (Å²) in [4.78, 5) is 23.7. The number of halogens is 1. The van der Waals surface area contributed by atoms with Crippen LogP contribution in [0.25, 0.3) is 0 Å². The first-order valence-corrected chi connectivity index (χ1v) is 7.41. The molecule has 2 N–H and O–H groups in total. The van der Waals surface area contributed by atoms with E-state index in [9.17, 15) is 9.59 Å². The van der Waals surface area contributed by atoms with Crippen molar-refractivity contribution in [1.82, 2.24) is 5.32 Å². The Labute approximate surface area is 136 Å². The van der Waals surface area contributed by atoms with Gasteiger partial charge in [-0.15, -0.1) is 0 Å². The van der Waals surface area contributed by atoms with Gasteiger partial charge in [-0.1, -0.05) is 32.4 Å². The zero-order chi connectivity index (χ0) is 17.0. The standard InChI is InChI=1S/C16H23ClN2O3/c1-15(2,3)13(20)18-10-16(4,5)22-14(21)19-12-8-6-11(17)7-9-12/h6-9H,10H2,1-5H3,(H,18,20)(H,19,21). The van der Waals surface area contributed by atoms with Crippen molar-refractivity contribution in [2.24, 2.45) is 5.41 Å². The maximum atomic E-state index is 11.9. The van der Waals surface area contributed by atoms with Crippen LogP contribution >= 0.6 is 11.6 Å². The van der Waals surface area contributed by atoms with Crippen molar-refractivity contribution in [3.05, 3.63) is 29.3 Å². The fraction of sp³-hybridized carbons (Fsp3) is 0.500. The summed E-state index contributed by atoms with van der Waals surface area (Å²) in [5.74, 6) is -0.0951. The lowest BCUT2D eigenvalue weighted by molar-refractivity contribution is -0.129. The van der Waals surface area contributed by atoms with E-state index in [0.29, 0.717) is 10.7 Å². The molecule has 0 aliphatic heterocycles. The minimum atomic E-state index is -0.822. The van der Waals surface area contributed by atoms with Crippen LogP contribution in [-0.4, -0.2) is 24.1 Å². The fourth-order valence-electron chi connectivity index (χ4n) is 1.52. The van der Waals surface area contributed by atoms with E-state index in [1.54, 1.807) is 38.1 Å². The van der Waals surface area contributed by atoms with Gasteiger partial charge in [-0.3, -0.25) is 10.1 Å². The minimum Gasteiger partial charge on any atom is -0.441 e. The lowest BCUT2D eigenvalue weighted by Crippen LogP contribution is -2.45. The monoisotopic (exact) mass is 326 g/mol. The summed E-state index contributed by atoms with van der Waals surface area (Å²) < 4.78 is 5.34. The van der Waals surface area contributed by atoms with Crippen LogP contribution in [0.2, 0.25) is 5.02 Å². The molecule has 0 spiro atoms. The van der Waals surface area contributed by atoms with Crippen molar-refractivity contribution in [1.29, 1.82) is 0 Å². The molecule has 1 aromatic rings. The van der Waals surface area contributed by atoms with Gasteiger partial charge in [-0.25, -0.2) is 4.79 Å². The number of benzene rings is 1. The second-order valence-corrected chi connectivity index (χ2v) is 7.15. The SMILES string of the molecule is CC(C)(CNC(=O)C(C)(C)C)OC(=O)Nc1ccc(Cl)cc1. The Morgan fingerprint density at radius 3 is 2.14 bits per heavy atom. The van der Waals surface area contributed by atoms with Crippen LogP contribution in [0.5, 0.6) is 0 Å². The Bertz CT molecular complexity index is 533. The molecule has 0 saturated heterocycles. The number of rotatable bonds is 4. The molecule has 0 radical (unpaired) electrons. The van der Waals surface area contributed by atoms with Crippen LogP contribution in [0, 0.1) is 5.41 Å². The molecule has 0 saturated carbocycles. The number of carbonyl (C=O) groups is 2. The van der Waals surface area contributed by atoms with Gasteiger partial charge in [-0.2, -0.15) is 0 Å². The summed E-state index contributed by atoms with van der Waals surface area (Å²) in [7, 11) is 0. The first kappa shape index (κ1) is 18.3. The summed E-state index contributed by atoms with van der Waals surface area (Å²) in [6.45, 7) is 9.17. The Morgan fingerprint density at radius 1 is 1.09 bits per heavy atom. The number of carbonyl (C=O) groups excluding carboxylic acids is 2. The largest absolute Gasteiger partial charge is 0.441 e. The van der Waals surface area contributed by atoms with Crippen molar-refractivity contribution >= 4 is 29.3 Å². The summed E-state index contributed by atoms with van der Waals surface area (Å²) in [6.07, 6.45) is -0.586. The minimum absolute atomic E-state index is 0.0951. The molecular formula is C16H23ClN2O3. The van der Waals surface area contributed by atoms with E-state index < -0.39 is 17.1 Å². The molecular weight excluding hydrogens is 304 g/mol. The maximum Gasteiger partial charge on any atom is 0.412 e. The van der Waals surface area contributed by atoms with Gasteiger partial charge in [0.25, 0.3) is 0 Å². The average molecular weight is 327 g/mol. The first-order chi connectivity index (χ1) is 9.99. The highest BCUT2D eigenvalue weighted by molar-refractivity contribution is 6.30. The van der Waals surface area contributed by atoms with Gasteiger partial charge in [-0.05, 0) is 38.1 Å². The third-order valence-corrected chi connectivity index (χ3v) is 3.07. The van der Waals surface area contributed by atoms with Crippen molar-refractivity contribution in [3.8, 4) is 0 Å². The summed E-state index contributed by atoms with van der Waals surface area (Å²) in [5, 5.41) is 5.98. The number of ether oxygens (including phenoxy) is 1. The van der Waals surface area contributed by atoms with Gasteiger partial charge in [0.05, 0.1) is 6.54 Å². The van der Waals surface area contributed by atoms with Gasteiger partial charge >= 0.3 is 6.09 Å². The van der Waals surface area contributed by atoms with E-state index in [1.807, 2.05) is 20.8 Å². The van der Waals surface area contributed by atoms with Crippen LogP contribution < -0.4 is 10.6 Å². The van der Waals surface area contributed by atoms with E-state index in [0.717, 1.165) is 0 Å². The predicted molar refractivity (Wildman–Crippen MR) is 88.1 cm³/mol. The predicted octanol–water partition coefficient (Wildman–Crippen LogP) is 3.83. The molecule has 122 valence electrons. The fourth-order valence-corrected chi connectivity index (χ4v) is 1.65. The molecule has 0 aliphatic rings. The molecule has 0 aliphatic carbocycles. The third kappa shape index (κ3) is 6.35. The van der Waals surface area contributed by atoms with Crippen LogP contribution in [0.1, 0.15) is 34.6 Å². The maximum absolute atomic E-state index is 11.9. The van der Waals surface area contributed by atoms with Crippen LogP contribution in [0.3, 0.4) is 0 Å². The Morgan fingerprint density at radius 2 is 1.64 bits per heavy atom. The third-order valence-electron chi connectivity index (χ3n) is 2.82. The molecule has 1 aromatic carbocycles. The Balaban J connectivity index is 2.51. The van der Waals surface area contributed by atoms with Crippen LogP contribution in [0.15, 0.2) is 24.3 Å². The number of amides is 2. The highest BCUT2D eigenvalue weighted by Crippen LogP contribution is 2.16. The second-order valence-electron chi connectivity index (χ2n) is 6.71. The normalized spacial score (nSPS) is 11.7. The first-order valence-electron chi connectivity index (χ1n) is 7.03. The van der Waals surface area contributed by atoms with Gasteiger partial charge < -0.3 is 10.1 Å². The van der Waals surface area contributed by atoms with Crippen LogP contribution in [-0.2, 0) is 9.53 Å². The topological polar surface area (TPSA) is 67.4 Å². The Hall–Kier alpha value is -1.75. The smallest absolute Gasteiger partial charge is 0.412 e. The van der Waals surface area contributed by atoms with Gasteiger partial charge in [0.1, 0.15) is 5.60 Å². The van der Waals surface area contributed by atoms with E-state index >= 15 is 0 Å². The number of nitrogens with one attached hydrogen (secondary N) is 2. The van der Waals surface area contributed by atoms with Crippen LogP contribution in [0.4, 0.5) is 10.5 Å². The molecule has 22 heavy (non-hydrogen) atoms. The zero-order valence-corrected chi connectivity index (χ0v) is 14.4. The van der Waals surface area contributed by atoms with E-state index in [4.69, 9.17) is 16.3 Å². The quantitative estimate of drug-likeness (QED) is 0.883. The number of anilines is 1. The van der Waals surface area contributed by atoms with E-state index in [1.165, 1.54) is 0 Å². The lowest BCUT2D eigenvalue weighted by Gasteiger charge is -2.27. The molecule has 0 fully saturated rings. The van der Waals surface area contributed by atoms with E-state index in [2.05, 4.69) is 10.6 Å². The summed E-state index contributed by atoms with van der Waals surface area (Å²) in [5.41, 5.74) is -0.720. The highest BCUT2D eigenvalue weighted by Gasteiger charge is 2.27. The molecule has 1 rings (SSSR count). The Kier molecular flexibility index (Phi) is 5.83. The highest BCUT2D eigenvalue weighted by atomic mass is 35.5.